The maximum absolute atomic E-state index is 5.32. The van der Waals surface area contributed by atoms with Crippen LogP contribution in [0.25, 0.3) is 0 Å². The highest BCUT2D eigenvalue weighted by atomic mass is 16.5. The SMILES string of the molecule is CCCC(NC(COC)C(C)C)c1ccccc1. The maximum Gasteiger partial charge on any atom is 0.0618 e. The van der Waals surface area contributed by atoms with E-state index in [2.05, 4.69) is 56.4 Å². The summed E-state index contributed by atoms with van der Waals surface area (Å²) in [7, 11) is 1.77. The van der Waals surface area contributed by atoms with Gasteiger partial charge in [0.05, 0.1) is 6.61 Å². The van der Waals surface area contributed by atoms with E-state index in [1.54, 1.807) is 7.11 Å². The molecule has 0 saturated carbocycles. The molecule has 0 heterocycles. The van der Waals surface area contributed by atoms with Crippen LogP contribution >= 0.6 is 0 Å². The quantitative estimate of drug-likeness (QED) is 0.757. The van der Waals surface area contributed by atoms with Crippen LogP contribution in [0.15, 0.2) is 30.3 Å². The Labute approximate surface area is 112 Å². The predicted octanol–water partition coefficient (Wildman–Crippen LogP) is 3.79. The molecule has 0 amide bonds. The molecular weight excluding hydrogens is 222 g/mol. The van der Waals surface area contributed by atoms with Gasteiger partial charge in [-0.25, -0.2) is 0 Å². The molecule has 2 unspecified atom stereocenters. The molecule has 0 saturated heterocycles. The normalized spacial score (nSPS) is 14.7. The Bertz CT molecular complexity index is 310. The summed E-state index contributed by atoms with van der Waals surface area (Å²) < 4.78 is 5.32. The molecule has 0 aliphatic rings. The minimum absolute atomic E-state index is 0.409. The average Bonchev–Trinajstić information content (AvgIpc) is 2.38. The van der Waals surface area contributed by atoms with E-state index in [0.29, 0.717) is 18.0 Å². The van der Waals surface area contributed by atoms with Crippen molar-refractivity contribution in [2.45, 2.75) is 45.7 Å². The number of ether oxygens (including phenoxy) is 1. The van der Waals surface area contributed by atoms with Crippen molar-refractivity contribution in [1.82, 2.24) is 5.32 Å². The van der Waals surface area contributed by atoms with Gasteiger partial charge in [-0.3, -0.25) is 0 Å². The number of rotatable bonds is 8. The summed E-state index contributed by atoms with van der Waals surface area (Å²) in [5.41, 5.74) is 1.38. The minimum Gasteiger partial charge on any atom is -0.383 e. The highest BCUT2D eigenvalue weighted by Crippen LogP contribution is 2.20. The lowest BCUT2D eigenvalue weighted by Crippen LogP contribution is -2.40. The van der Waals surface area contributed by atoms with E-state index >= 15 is 0 Å². The molecule has 1 aromatic carbocycles. The van der Waals surface area contributed by atoms with E-state index in [-0.39, 0.29) is 0 Å². The molecular formula is C16H27NO. The lowest BCUT2D eigenvalue weighted by atomic mass is 9.98. The van der Waals surface area contributed by atoms with Crippen LogP contribution in [0.4, 0.5) is 0 Å². The largest absolute Gasteiger partial charge is 0.383 e. The molecule has 1 rings (SSSR count). The van der Waals surface area contributed by atoms with Gasteiger partial charge in [0, 0.05) is 19.2 Å². The topological polar surface area (TPSA) is 21.3 Å². The van der Waals surface area contributed by atoms with Crippen LogP contribution in [0, 0.1) is 5.92 Å². The summed E-state index contributed by atoms with van der Waals surface area (Å²) in [6.45, 7) is 7.48. The first kappa shape index (κ1) is 15.2. The molecule has 2 atom stereocenters. The highest BCUT2D eigenvalue weighted by Gasteiger charge is 2.18. The predicted molar refractivity (Wildman–Crippen MR) is 77.7 cm³/mol. The van der Waals surface area contributed by atoms with E-state index in [4.69, 9.17) is 4.74 Å². The molecule has 0 fully saturated rings. The third-order valence-corrected chi connectivity index (χ3v) is 3.35. The van der Waals surface area contributed by atoms with Crippen molar-refractivity contribution < 1.29 is 4.74 Å². The van der Waals surface area contributed by atoms with Gasteiger partial charge in [-0.05, 0) is 17.9 Å². The lowest BCUT2D eigenvalue weighted by Gasteiger charge is -2.28. The molecule has 1 aromatic rings. The molecule has 2 nitrogen and oxygen atoms in total. The number of hydrogen-bond acceptors (Lipinski definition) is 2. The van der Waals surface area contributed by atoms with E-state index in [1.165, 1.54) is 12.0 Å². The molecule has 0 spiro atoms. The van der Waals surface area contributed by atoms with Crippen LogP contribution in [0.2, 0.25) is 0 Å². The van der Waals surface area contributed by atoms with Crippen molar-refractivity contribution in [2.24, 2.45) is 5.92 Å². The summed E-state index contributed by atoms with van der Waals surface area (Å²) in [6.07, 6.45) is 2.35. The van der Waals surface area contributed by atoms with Crippen molar-refractivity contribution in [1.29, 1.82) is 0 Å². The maximum atomic E-state index is 5.32. The molecule has 0 bridgehead atoms. The first-order valence-corrected chi connectivity index (χ1v) is 6.99. The summed E-state index contributed by atoms with van der Waals surface area (Å²) in [4.78, 5) is 0. The van der Waals surface area contributed by atoms with Crippen LogP contribution in [0.5, 0.6) is 0 Å². The Morgan fingerprint density at radius 2 is 1.83 bits per heavy atom. The Kier molecular flexibility index (Phi) is 6.99. The first-order chi connectivity index (χ1) is 8.69. The van der Waals surface area contributed by atoms with Gasteiger partial charge in [0.15, 0.2) is 0 Å². The monoisotopic (exact) mass is 249 g/mol. The third-order valence-electron chi connectivity index (χ3n) is 3.35. The first-order valence-electron chi connectivity index (χ1n) is 6.99. The molecule has 2 heteroatoms. The lowest BCUT2D eigenvalue weighted by molar-refractivity contribution is 0.139. The number of methoxy groups -OCH3 is 1. The molecule has 1 N–H and O–H groups in total. The molecule has 0 aliphatic carbocycles. The van der Waals surface area contributed by atoms with Crippen molar-refractivity contribution in [3.05, 3.63) is 35.9 Å². The van der Waals surface area contributed by atoms with Crippen molar-refractivity contribution in [2.75, 3.05) is 13.7 Å². The van der Waals surface area contributed by atoms with Gasteiger partial charge in [-0.2, -0.15) is 0 Å². The fraction of sp³-hybridized carbons (Fsp3) is 0.625. The second-order valence-corrected chi connectivity index (χ2v) is 5.22. The molecule has 0 radical (unpaired) electrons. The van der Waals surface area contributed by atoms with Crippen molar-refractivity contribution >= 4 is 0 Å². The second-order valence-electron chi connectivity index (χ2n) is 5.22. The van der Waals surface area contributed by atoms with Gasteiger partial charge >= 0.3 is 0 Å². The van der Waals surface area contributed by atoms with Crippen molar-refractivity contribution in [3.8, 4) is 0 Å². The minimum atomic E-state index is 0.409. The Balaban J connectivity index is 2.72. The van der Waals surface area contributed by atoms with Crippen LogP contribution in [0.3, 0.4) is 0 Å². The van der Waals surface area contributed by atoms with E-state index < -0.39 is 0 Å². The molecule has 0 aliphatic heterocycles. The Hall–Kier alpha value is -0.860. The van der Waals surface area contributed by atoms with Gasteiger partial charge in [0.25, 0.3) is 0 Å². The fourth-order valence-electron chi connectivity index (χ4n) is 2.19. The number of benzene rings is 1. The number of hydrogen-bond donors (Lipinski definition) is 1. The van der Waals surface area contributed by atoms with Crippen LogP contribution < -0.4 is 5.32 Å². The molecule has 18 heavy (non-hydrogen) atoms. The van der Waals surface area contributed by atoms with Gasteiger partial charge in [0.1, 0.15) is 0 Å². The van der Waals surface area contributed by atoms with Gasteiger partial charge in [-0.1, -0.05) is 57.5 Å². The fourth-order valence-corrected chi connectivity index (χ4v) is 2.19. The molecule has 102 valence electrons. The van der Waals surface area contributed by atoms with Crippen molar-refractivity contribution in [3.63, 3.8) is 0 Å². The second kappa shape index (κ2) is 8.28. The third kappa shape index (κ3) is 4.79. The van der Waals surface area contributed by atoms with Gasteiger partial charge in [-0.15, -0.1) is 0 Å². The number of nitrogens with one attached hydrogen (secondary N) is 1. The standard InChI is InChI=1S/C16H27NO/c1-5-9-15(14-10-7-6-8-11-14)17-16(12-18-4)13(2)3/h6-8,10-11,13,15-17H,5,9,12H2,1-4H3. The average molecular weight is 249 g/mol. The highest BCUT2D eigenvalue weighted by molar-refractivity contribution is 5.19. The van der Waals surface area contributed by atoms with E-state index in [0.717, 1.165) is 13.0 Å². The van der Waals surface area contributed by atoms with E-state index in [1.807, 2.05) is 0 Å². The zero-order valence-corrected chi connectivity index (χ0v) is 12.1. The summed E-state index contributed by atoms with van der Waals surface area (Å²) in [6, 6.07) is 11.5. The van der Waals surface area contributed by atoms with Gasteiger partial charge < -0.3 is 10.1 Å². The summed E-state index contributed by atoms with van der Waals surface area (Å²) >= 11 is 0. The summed E-state index contributed by atoms with van der Waals surface area (Å²) in [5.74, 6) is 0.577. The Morgan fingerprint density at radius 3 is 2.33 bits per heavy atom. The molecule has 0 aromatic heterocycles. The summed E-state index contributed by atoms with van der Waals surface area (Å²) in [5, 5.41) is 3.75. The zero-order chi connectivity index (χ0) is 13.4. The van der Waals surface area contributed by atoms with E-state index in [9.17, 15) is 0 Å². The van der Waals surface area contributed by atoms with Crippen LogP contribution in [0.1, 0.15) is 45.2 Å². The van der Waals surface area contributed by atoms with Crippen LogP contribution in [-0.2, 0) is 4.74 Å². The Morgan fingerprint density at radius 1 is 1.17 bits per heavy atom. The zero-order valence-electron chi connectivity index (χ0n) is 12.1. The van der Waals surface area contributed by atoms with Crippen LogP contribution in [-0.4, -0.2) is 19.8 Å². The smallest absolute Gasteiger partial charge is 0.0618 e. The van der Waals surface area contributed by atoms with Gasteiger partial charge in [0.2, 0.25) is 0 Å².